The first-order chi connectivity index (χ1) is 14.6. The molecule has 1 atom stereocenters. The molecule has 1 N–H and O–H groups in total. The molecule has 1 aliphatic rings. The number of nitrogens with one attached hydrogen (secondary N) is 1. The highest BCUT2D eigenvalue weighted by Crippen LogP contribution is 2.29. The van der Waals surface area contributed by atoms with Crippen LogP contribution in [0.2, 0.25) is 0 Å². The Morgan fingerprint density at radius 2 is 1.67 bits per heavy atom. The van der Waals surface area contributed by atoms with Gasteiger partial charge in [-0.15, -0.1) is 0 Å². The third-order valence-electron chi connectivity index (χ3n) is 5.34. The summed E-state index contributed by atoms with van der Waals surface area (Å²) >= 11 is 0. The molecule has 0 spiro atoms. The van der Waals surface area contributed by atoms with Crippen LogP contribution in [0.3, 0.4) is 0 Å². The fraction of sp³-hybridized carbons (Fsp3) is 0.480. The van der Waals surface area contributed by atoms with Crippen LogP contribution in [0.1, 0.15) is 56.7 Å². The highest BCUT2D eigenvalue weighted by molar-refractivity contribution is 5.81. The number of carbonyl (C=O) groups is 1. The molecular formula is C25H33NO4. The average Bonchev–Trinajstić information content (AvgIpc) is 2.77. The van der Waals surface area contributed by atoms with E-state index in [2.05, 4.69) is 17.4 Å². The molecule has 1 amide bonds. The Hall–Kier alpha value is -2.69. The van der Waals surface area contributed by atoms with Crippen LogP contribution < -0.4 is 19.5 Å². The molecule has 0 saturated carbocycles. The van der Waals surface area contributed by atoms with Crippen LogP contribution in [0.25, 0.3) is 0 Å². The molecule has 30 heavy (non-hydrogen) atoms. The van der Waals surface area contributed by atoms with E-state index in [1.54, 1.807) is 0 Å². The Balaban J connectivity index is 1.60. The van der Waals surface area contributed by atoms with E-state index >= 15 is 0 Å². The van der Waals surface area contributed by atoms with Gasteiger partial charge in [0.05, 0.1) is 13.2 Å². The summed E-state index contributed by atoms with van der Waals surface area (Å²) in [6.45, 7) is 7.39. The van der Waals surface area contributed by atoms with E-state index in [4.69, 9.17) is 14.2 Å². The first-order valence-corrected chi connectivity index (χ1v) is 11.1. The maximum atomic E-state index is 12.7. The van der Waals surface area contributed by atoms with Gasteiger partial charge in [-0.25, -0.2) is 0 Å². The second-order valence-electron chi connectivity index (χ2n) is 7.52. The third kappa shape index (κ3) is 5.68. The number of hydrogen-bond acceptors (Lipinski definition) is 4. The number of benzene rings is 2. The number of amides is 1. The molecule has 2 aromatic rings. The number of hydrogen-bond donors (Lipinski definition) is 1. The van der Waals surface area contributed by atoms with Crippen molar-refractivity contribution < 1.29 is 19.0 Å². The van der Waals surface area contributed by atoms with E-state index in [0.717, 1.165) is 29.9 Å². The third-order valence-corrected chi connectivity index (χ3v) is 5.34. The largest absolute Gasteiger partial charge is 0.490 e. The maximum absolute atomic E-state index is 12.7. The highest BCUT2D eigenvalue weighted by atomic mass is 16.5. The normalized spacial score (nSPS) is 13.8. The lowest BCUT2D eigenvalue weighted by Gasteiger charge is -2.20. The monoisotopic (exact) mass is 411 g/mol. The Morgan fingerprint density at radius 1 is 0.933 bits per heavy atom. The smallest absolute Gasteiger partial charge is 0.261 e. The highest BCUT2D eigenvalue weighted by Gasteiger charge is 2.19. The van der Waals surface area contributed by atoms with Crippen molar-refractivity contribution in [1.82, 2.24) is 5.32 Å². The molecule has 0 aliphatic heterocycles. The van der Waals surface area contributed by atoms with Crippen molar-refractivity contribution in [3.63, 3.8) is 0 Å². The fourth-order valence-electron chi connectivity index (χ4n) is 3.78. The van der Waals surface area contributed by atoms with Gasteiger partial charge in [0.1, 0.15) is 5.75 Å². The van der Waals surface area contributed by atoms with Crippen molar-refractivity contribution in [2.45, 2.75) is 65.5 Å². The fourth-order valence-corrected chi connectivity index (χ4v) is 3.78. The second kappa shape index (κ2) is 10.9. The van der Waals surface area contributed by atoms with Crippen molar-refractivity contribution >= 4 is 5.91 Å². The predicted molar refractivity (Wildman–Crippen MR) is 118 cm³/mol. The molecule has 0 heterocycles. The van der Waals surface area contributed by atoms with Crippen molar-refractivity contribution in [2.75, 3.05) is 13.2 Å². The van der Waals surface area contributed by atoms with Gasteiger partial charge in [0.15, 0.2) is 17.6 Å². The standard InChI is InChI=1S/C25H33NO4/c1-4-22(30-21-13-12-19-9-7-8-10-20(19)16-21)25(27)26-17-18-11-14-23(28-5-2)24(15-18)29-6-3/h11-16,22H,4-10,17H2,1-3H3,(H,26,27)/t22-/m0/s1. The zero-order chi connectivity index (χ0) is 21.3. The lowest BCUT2D eigenvalue weighted by Crippen LogP contribution is -2.37. The first-order valence-electron chi connectivity index (χ1n) is 11.1. The van der Waals surface area contributed by atoms with Crippen LogP contribution in [0.5, 0.6) is 17.2 Å². The summed E-state index contributed by atoms with van der Waals surface area (Å²) in [6.07, 6.45) is 4.80. The Labute approximate surface area is 179 Å². The van der Waals surface area contributed by atoms with Crippen molar-refractivity contribution in [2.24, 2.45) is 0 Å². The quantitative estimate of drug-likeness (QED) is 0.608. The molecule has 5 nitrogen and oxygen atoms in total. The topological polar surface area (TPSA) is 56.8 Å². The van der Waals surface area contributed by atoms with Crippen LogP contribution >= 0.6 is 0 Å². The van der Waals surface area contributed by atoms with Gasteiger partial charge >= 0.3 is 0 Å². The number of ether oxygens (including phenoxy) is 3. The van der Waals surface area contributed by atoms with Crippen LogP contribution in [0, 0.1) is 0 Å². The molecule has 0 radical (unpaired) electrons. The van der Waals surface area contributed by atoms with Crippen LogP contribution in [0.4, 0.5) is 0 Å². The van der Waals surface area contributed by atoms with E-state index in [-0.39, 0.29) is 5.91 Å². The molecule has 3 rings (SSSR count). The van der Waals surface area contributed by atoms with E-state index in [0.29, 0.717) is 31.9 Å². The molecule has 0 unspecified atom stereocenters. The van der Waals surface area contributed by atoms with Crippen LogP contribution in [0.15, 0.2) is 36.4 Å². The van der Waals surface area contributed by atoms with Crippen LogP contribution in [-0.4, -0.2) is 25.2 Å². The summed E-state index contributed by atoms with van der Waals surface area (Å²) in [5, 5.41) is 2.99. The van der Waals surface area contributed by atoms with Crippen molar-refractivity contribution in [3.8, 4) is 17.2 Å². The zero-order valence-electron chi connectivity index (χ0n) is 18.3. The number of carbonyl (C=O) groups excluding carboxylic acids is 1. The summed E-state index contributed by atoms with van der Waals surface area (Å²) in [7, 11) is 0. The van der Waals surface area contributed by atoms with Crippen molar-refractivity contribution in [1.29, 1.82) is 0 Å². The lowest BCUT2D eigenvalue weighted by atomic mass is 9.92. The Kier molecular flexibility index (Phi) is 8.00. The van der Waals surface area contributed by atoms with Gasteiger partial charge in [-0.2, -0.15) is 0 Å². The van der Waals surface area contributed by atoms with Gasteiger partial charge in [0, 0.05) is 6.54 Å². The molecule has 0 bridgehead atoms. The summed E-state index contributed by atoms with van der Waals surface area (Å²) < 4.78 is 17.3. The molecule has 1 aliphatic carbocycles. The summed E-state index contributed by atoms with van der Waals surface area (Å²) in [5.74, 6) is 2.08. The Morgan fingerprint density at radius 3 is 2.40 bits per heavy atom. The average molecular weight is 412 g/mol. The molecule has 2 aromatic carbocycles. The van der Waals surface area contributed by atoms with Gasteiger partial charge in [-0.3, -0.25) is 4.79 Å². The molecule has 0 aromatic heterocycles. The number of fused-ring (bicyclic) bond motifs is 1. The molecule has 0 saturated heterocycles. The van der Waals surface area contributed by atoms with E-state index < -0.39 is 6.10 Å². The van der Waals surface area contributed by atoms with E-state index in [1.165, 1.54) is 24.0 Å². The molecule has 5 heteroatoms. The number of rotatable bonds is 10. The summed E-state index contributed by atoms with van der Waals surface area (Å²) in [6, 6.07) is 12.0. The minimum Gasteiger partial charge on any atom is -0.490 e. The maximum Gasteiger partial charge on any atom is 0.261 e. The minimum atomic E-state index is -0.513. The van der Waals surface area contributed by atoms with Gasteiger partial charge in [-0.05, 0) is 86.9 Å². The van der Waals surface area contributed by atoms with Gasteiger partial charge in [0.2, 0.25) is 0 Å². The molecule has 162 valence electrons. The first kappa shape index (κ1) is 22.0. The predicted octanol–water partition coefficient (Wildman–Crippen LogP) is 4.84. The summed E-state index contributed by atoms with van der Waals surface area (Å²) in [5.41, 5.74) is 3.72. The van der Waals surface area contributed by atoms with Crippen molar-refractivity contribution in [3.05, 3.63) is 53.1 Å². The van der Waals surface area contributed by atoms with Crippen LogP contribution in [-0.2, 0) is 24.2 Å². The van der Waals surface area contributed by atoms with E-state index in [9.17, 15) is 4.79 Å². The SMILES string of the molecule is CCOc1ccc(CNC(=O)[C@H](CC)Oc2ccc3c(c2)CCCC3)cc1OCC. The molecular weight excluding hydrogens is 378 g/mol. The molecule has 0 fully saturated rings. The lowest BCUT2D eigenvalue weighted by molar-refractivity contribution is -0.128. The van der Waals surface area contributed by atoms with Gasteiger partial charge in [0.25, 0.3) is 5.91 Å². The number of aryl methyl sites for hydroxylation is 2. The summed E-state index contributed by atoms with van der Waals surface area (Å²) in [4.78, 5) is 12.7. The Bertz CT molecular complexity index is 849. The van der Waals surface area contributed by atoms with Gasteiger partial charge < -0.3 is 19.5 Å². The minimum absolute atomic E-state index is 0.109. The van der Waals surface area contributed by atoms with E-state index in [1.807, 2.05) is 45.0 Å². The zero-order valence-corrected chi connectivity index (χ0v) is 18.3. The second-order valence-corrected chi connectivity index (χ2v) is 7.52. The van der Waals surface area contributed by atoms with Gasteiger partial charge in [-0.1, -0.05) is 19.1 Å².